The molecule has 1 amide bonds. The van der Waals surface area contributed by atoms with Crippen molar-refractivity contribution in [2.24, 2.45) is 0 Å². The predicted molar refractivity (Wildman–Crippen MR) is 108 cm³/mol. The number of hydrogen-bond donors (Lipinski definition) is 2. The van der Waals surface area contributed by atoms with Crippen LogP contribution in [-0.2, 0) is 0 Å². The fraction of sp³-hybridized carbons (Fsp3) is 0.389. The SMILES string of the molecule is Cc1cc(N2CCCC2)nc(NCCNC(=O)c2ccc(I)cc2)n1. The molecule has 0 atom stereocenters. The molecule has 0 spiro atoms. The minimum Gasteiger partial charge on any atom is -0.356 e. The number of amides is 1. The lowest BCUT2D eigenvalue weighted by Gasteiger charge is -2.17. The lowest BCUT2D eigenvalue weighted by atomic mass is 10.2. The number of nitrogens with zero attached hydrogens (tertiary/aromatic N) is 3. The summed E-state index contributed by atoms with van der Waals surface area (Å²) < 4.78 is 1.11. The first-order valence-electron chi connectivity index (χ1n) is 8.50. The van der Waals surface area contributed by atoms with Gasteiger partial charge in [-0.1, -0.05) is 0 Å². The van der Waals surface area contributed by atoms with Gasteiger partial charge in [0.25, 0.3) is 5.91 Å². The van der Waals surface area contributed by atoms with Crippen LogP contribution in [0, 0.1) is 10.5 Å². The maximum Gasteiger partial charge on any atom is 0.251 e. The van der Waals surface area contributed by atoms with Gasteiger partial charge in [0.1, 0.15) is 5.82 Å². The van der Waals surface area contributed by atoms with Crippen molar-refractivity contribution in [2.75, 3.05) is 36.4 Å². The van der Waals surface area contributed by atoms with E-state index in [1.807, 2.05) is 37.3 Å². The summed E-state index contributed by atoms with van der Waals surface area (Å²) in [6.45, 7) is 5.19. The summed E-state index contributed by atoms with van der Waals surface area (Å²) in [7, 11) is 0. The summed E-state index contributed by atoms with van der Waals surface area (Å²) in [4.78, 5) is 23.4. The van der Waals surface area contributed by atoms with Crippen molar-refractivity contribution in [1.82, 2.24) is 15.3 Å². The molecule has 1 aromatic carbocycles. The van der Waals surface area contributed by atoms with Gasteiger partial charge in [0.05, 0.1) is 0 Å². The standard InChI is InChI=1S/C18H22IN5O/c1-13-12-16(24-10-2-3-11-24)23-18(22-13)21-9-8-20-17(25)14-4-6-15(19)7-5-14/h4-7,12H,2-3,8-11H2,1H3,(H,20,25)(H,21,22,23). The molecule has 3 rings (SSSR count). The third-order valence-corrected chi connectivity index (χ3v) is 4.79. The van der Waals surface area contributed by atoms with Crippen molar-refractivity contribution < 1.29 is 4.79 Å². The highest BCUT2D eigenvalue weighted by Crippen LogP contribution is 2.19. The highest BCUT2D eigenvalue weighted by molar-refractivity contribution is 14.1. The van der Waals surface area contributed by atoms with Crippen LogP contribution in [0.3, 0.4) is 0 Å². The average Bonchev–Trinajstić information content (AvgIpc) is 3.13. The molecule has 1 saturated heterocycles. The van der Waals surface area contributed by atoms with Crippen LogP contribution < -0.4 is 15.5 Å². The smallest absolute Gasteiger partial charge is 0.251 e. The number of anilines is 2. The normalized spacial score (nSPS) is 13.8. The number of aryl methyl sites for hydroxylation is 1. The Morgan fingerprint density at radius 1 is 1.16 bits per heavy atom. The number of carbonyl (C=O) groups is 1. The van der Waals surface area contributed by atoms with Crippen LogP contribution in [0.4, 0.5) is 11.8 Å². The molecule has 0 radical (unpaired) electrons. The molecule has 0 aliphatic carbocycles. The second-order valence-electron chi connectivity index (χ2n) is 6.07. The number of nitrogens with one attached hydrogen (secondary N) is 2. The van der Waals surface area contributed by atoms with Crippen molar-refractivity contribution in [3.63, 3.8) is 0 Å². The van der Waals surface area contributed by atoms with Crippen molar-refractivity contribution in [2.45, 2.75) is 19.8 Å². The minimum atomic E-state index is -0.0684. The minimum absolute atomic E-state index is 0.0684. The zero-order valence-corrected chi connectivity index (χ0v) is 16.4. The van der Waals surface area contributed by atoms with Crippen molar-refractivity contribution in [3.05, 3.63) is 45.2 Å². The fourth-order valence-corrected chi connectivity index (χ4v) is 3.15. The van der Waals surface area contributed by atoms with E-state index in [1.165, 1.54) is 12.8 Å². The Labute approximate surface area is 161 Å². The van der Waals surface area contributed by atoms with Gasteiger partial charge in [0.2, 0.25) is 5.95 Å². The van der Waals surface area contributed by atoms with Crippen LogP contribution in [0.5, 0.6) is 0 Å². The molecular weight excluding hydrogens is 429 g/mol. The molecule has 0 saturated carbocycles. The molecule has 0 bridgehead atoms. The zero-order chi connectivity index (χ0) is 17.6. The Bertz CT molecular complexity index is 729. The number of halogens is 1. The van der Waals surface area contributed by atoms with E-state index in [4.69, 9.17) is 0 Å². The molecule has 2 heterocycles. The number of benzene rings is 1. The Morgan fingerprint density at radius 2 is 1.88 bits per heavy atom. The summed E-state index contributed by atoms with van der Waals surface area (Å²) in [6, 6.07) is 9.53. The van der Waals surface area contributed by atoms with Crippen LogP contribution in [-0.4, -0.2) is 42.1 Å². The van der Waals surface area contributed by atoms with E-state index in [2.05, 4.69) is 48.1 Å². The monoisotopic (exact) mass is 451 g/mol. The van der Waals surface area contributed by atoms with Crippen LogP contribution in [0.25, 0.3) is 0 Å². The second kappa shape index (κ2) is 8.46. The Morgan fingerprint density at radius 3 is 2.60 bits per heavy atom. The molecule has 25 heavy (non-hydrogen) atoms. The van der Waals surface area contributed by atoms with Gasteiger partial charge < -0.3 is 15.5 Å². The third kappa shape index (κ3) is 5.04. The van der Waals surface area contributed by atoms with Crippen molar-refractivity contribution in [3.8, 4) is 0 Å². The van der Waals surface area contributed by atoms with Gasteiger partial charge in [-0.3, -0.25) is 4.79 Å². The molecular formula is C18H22IN5O. The van der Waals surface area contributed by atoms with Gasteiger partial charge >= 0.3 is 0 Å². The first-order valence-corrected chi connectivity index (χ1v) is 9.58. The van der Waals surface area contributed by atoms with E-state index in [1.54, 1.807) is 0 Å². The maximum atomic E-state index is 12.1. The summed E-state index contributed by atoms with van der Waals surface area (Å²) in [6.07, 6.45) is 2.44. The highest BCUT2D eigenvalue weighted by atomic mass is 127. The maximum absolute atomic E-state index is 12.1. The van der Waals surface area contributed by atoms with Gasteiger partial charge in [-0.2, -0.15) is 4.98 Å². The van der Waals surface area contributed by atoms with Crippen LogP contribution >= 0.6 is 22.6 Å². The van der Waals surface area contributed by atoms with E-state index < -0.39 is 0 Å². The van der Waals surface area contributed by atoms with Gasteiger partial charge in [0.15, 0.2) is 0 Å². The van der Waals surface area contributed by atoms with Crippen LogP contribution in [0.15, 0.2) is 30.3 Å². The molecule has 1 aliphatic heterocycles. The van der Waals surface area contributed by atoms with E-state index in [0.29, 0.717) is 24.6 Å². The second-order valence-corrected chi connectivity index (χ2v) is 7.32. The molecule has 1 aromatic heterocycles. The molecule has 1 fully saturated rings. The number of aromatic nitrogens is 2. The Kier molecular flexibility index (Phi) is 6.06. The largest absolute Gasteiger partial charge is 0.356 e. The van der Waals surface area contributed by atoms with E-state index in [0.717, 1.165) is 28.2 Å². The molecule has 132 valence electrons. The quantitative estimate of drug-likeness (QED) is 0.522. The topological polar surface area (TPSA) is 70.2 Å². The first-order chi connectivity index (χ1) is 12.1. The van der Waals surface area contributed by atoms with Gasteiger partial charge in [0, 0.05) is 47.1 Å². The van der Waals surface area contributed by atoms with Crippen LogP contribution in [0.2, 0.25) is 0 Å². The Balaban J connectivity index is 1.50. The lowest BCUT2D eigenvalue weighted by molar-refractivity contribution is 0.0955. The molecule has 2 aromatic rings. The first kappa shape index (κ1) is 17.9. The third-order valence-electron chi connectivity index (χ3n) is 4.07. The molecule has 7 heteroatoms. The Hall–Kier alpha value is -1.90. The van der Waals surface area contributed by atoms with E-state index in [-0.39, 0.29) is 5.91 Å². The lowest BCUT2D eigenvalue weighted by Crippen LogP contribution is -2.29. The number of carbonyl (C=O) groups excluding carboxylic acids is 1. The zero-order valence-electron chi connectivity index (χ0n) is 14.3. The predicted octanol–water partition coefficient (Wildman–Crippen LogP) is 2.83. The summed E-state index contributed by atoms with van der Waals surface area (Å²) in [5.41, 5.74) is 1.62. The molecule has 1 aliphatic rings. The van der Waals surface area contributed by atoms with Crippen molar-refractivity contribution in [1.29, 1.82) is 0 Å². The van der Waals surface area contributed by atoms with Gasteiger partial charge in [-0.25, -0.2) is 4.98 Å². The summed E-state index contributed by atoms with van der Waals surface area (Å²) in [5, 5.41) is 6.10. The van der Waals surface area contributed by atoms with E-state index >= 15 is 0 Å². The summed E-state index contributed by atoms with van der Waals surface area (Å²) in [5.74, 6) is 1.53. The van der Waals surface area contributed by atoms with E-state index in [9.17, 15) is 4.79 Å². The fourth-order valence-electron chi connectivity index (χ4n) is 2.79. The van der Waals surface area contributed by atoms with Crippen molar-refractivity contribution >= 4 is 40.3 Å². The van der Waals surface area contributed by atoms with Gasteiger partial charge in [-0.15, -0.1) is 0 Å². The average molecular weight is 451 g/mol. The number of rotatable bonds is 6. The van der Waals surface area contributed by atoms with Crippen LogP contribution in [0.1, 0.15) is 28.9 Å². The molecule has 6 nitrogen and oxygen atoms in total. The summed E-state index contributed by atoms with van der Waals surface area (Å²) >= 11 is 2.22. The number of hydrogen-bond acceptors (Lipinski definition) is 5. The highest BCUT2D eigenvalue weighted by Gasteiger charge is 2.15. The molecule has 0 unspecified atom stereocenters. The van der Waals surface area contributed by atoms with Gasteiger partial charge in [-0.05, 0) is 66.6 Å². The molecule has 2 N–H and O–H groups in total.